The predicted octanol–water partition coefficient (Wildman–Crippen LogP) is 2.39. The van der Waals surface area contributed by atoms with Gasteiger partial charge in [0.1, 0.15) is 11.5 Å². The molecule has 0 aromatic carbocycles. The molecular formula is C20H30N2O3. The van der Waals surface area contributed by atoms with Gasteiger partial charge in [-0.1, -0.05) is 6.92 Å². The molecule has 5 nitrogen and oxygen atoms in total. The molecule has 25 heavy (non-hydrogen) atoms. The molecule has 2 saturated carbocycles. The van der Waals surface area contributed by atoms with Gasteiger partial charge in [-0.2, -0.15) is 0 Å². The van der Waals surface area contributed by atoms with Gasteiger partial charge in [-0.15, -0.1) is 0 Å². The molecule has 1 N–H and O–H groups in total. The van der Waals surface area contributed by atoms with Gasteiger partial charge in [-0.3, -0.25) is 9.69 Å². The van der Waals surface area contributed by atoms with Crippen LogP contribution in [0, 0.1) is 5.92 Å². The van der Waals surface area contributed by atoms with E-state index in [1.165, 1.54) is 6.42 Å². The third-order valence-corrected chi connectivity index (χ3v) is 6.32. The fourth-order valence-electron chi connectivity index (χ4n) is 4.48. The lowest BCUT2D eigenvalue weighted by Crippen LogP contribution is -2.53. The molecule has 4 atom stereocenters. The summed E-state index contributed by atoms with van der Waals surface area (Å²) in [5.74, 6) is 3.61. The van der Waals surface area contributed by atoms with E-state index in [1.807, 2.05) is 11.0 Å². The van der Waals surface area contributed by atoms with Crippen LogP contribution in [0.2, 0.25) is 0 Å². The smallest absolute Gasteiger partial charge is 0.223 e. The fraction of sp³-hybridized carbons (Fsp3) is 0.750. The van der Waals surface area contributed by atoms with Gasteiger partial charge in [0.25, 0.3) is 0 Å². The molecule has 1 saturated heterocycles. The Bertz CT molecular complexity index is 606. The monoisotopic (exact) mass is 346 g/mol. The van der Waals surface area contributed by atoms with E-state index in [1.54, 1.807) is 0 Å². The number of nitrogens with zero attached hydrogens (tertiary/aromatic N) is 2. The number of aliphatic hydroxyl groups excluding tert-OH is 1. The first-order valence-corrected chi connectivity index (χ1v) is 9.90. The van der Waals surface area contributed by atoms with Crippen molar-refractivity contribution in [2.75, 3.05) is 26.2 Å². The largest absolute Gasteiger partial charge is 0.466 e. The zero-order chi connectivity index (χ0) is 17.4. The Hall–Kier alpha value is -1.33. The number of hydrogen-bond donors (Lipinski definition) is 1. The molecule has 0 radical (unpaired) electrons. The number of amides is 1. The summed E-state index contributed by atoms with van der Waals surface area (Å²) < 4.78 is 5.91. The number of carbonyl (C=O) groups is 1. The Balaban J connectivity index is 1.22. The first-order valence-electron chi connectivity index (χ1n) is 9.90. The predicted molar refractivity (Wildman–Crippen MR) is 95.3 cm³/mol. The normalized spacial score (nSPS) is 33.0. The Morgan fingerprint density at radius 1 is 1.24 bits per heavy atom. The molecule has 0 bridgehead atoms. The van der Waals surface area contributed by atoms with Crippen molar-refractivity contribution in [1.29, 1.82) is 0 Å². The topological polar surface area (TPSA) is 56.9 Å². The van der Waals surface area contributed by atoms with Crippen LogP contribution in [0.3, 0.4) is 0 Å². The molecule has 1 aliphatic heterocycles. The number of piperazine rings is 1. The molecule has 1 aromatic heterocycles. The van der Waals surface area contributed by atoms with Crippen molar-refractivity contribution in [2.24, 2.45) is 5.92 Å². The Morgan fingerprint density at radius 2 is 2.00 bits per heavy atom. The van der Waals surface area contributed by atoms with Gasteiger partial charge in [-0.25, -0.2) is 0 Å². The summed E-state index contributed by atoms with van der Waals surface area (Å²) in [6.45, 7) is 5.59. The first kappa shape index (κ1) is 17.1. The van der Waals surface area contributed by atoms with E-state index in [0.717, 1.165) is 62.9 Å². The van der Waals surface area contributed by atoms with Crippen LogP contribution in [-0.4, -0.2) is 59.1 Å². The molecule has 1 amide bonds. The van der Waals surface area contributed by atoms with Gasteiger partial charge in [0.15, 0.2) is 0 Å². The Kier molecular flexibility index (Phi) is 4.87. The van der Waals surface area contributed by atoms with Crippen molar-refractivity contribution in [3.63, 3.8) is 0 Å². The summed E-state index contributed by atoms with van der Waals surface area (Å²) >= 11 is 0. The minimum atomic E-state index is -0.176. The van der Waals surface area contributed by atoms with E-state index in [0.29, 0.717) is 24.8 Å². The second-order valence-corrected chi connectivity index (χ2v) is 8.11. The zero-order valence-electron chi connectivity index (χ0n) is 15.2. The summed E-state index contributed by atoms with van der Waals surface area (Å²) in [5, 5.41) is 10.1. The highest BCUT2D eigenvalue weighted by Crippen LogP contribution is 2.47. The first-order chi connectivity index (χ1) is 12.1. The maximum absolute atomic E-state index is 12.5. The van der Waals surface area contributed by atoms with Gasteiger partial charge < -0.3 is 14.4 Å². The lowest BCUT2D eigenvalue weighted by atomic mass is 10.1. The Morgan fingerprint density at radius 3 is 2.64 bits per heavy atom. The molecule has 138 valence electrons. The molecule has 4 rings (SSSR count). The van der Waals surface area contributed by atoms with Gasteiger partial charge in [0, 0.05) is 51.0 Å². The number of carbonyl (C=O) groups excluding carboxylic acids is 1. The van der Waals surface area contributed by atoms with Gasteiger partial charge >= 0.3 is 0 Å². The molecule has 3 aliphatic rings. The highest BCUT2D eigenvalue weighted by Gasteiger charge is 2.36. The maximum atomic E-state index is 12.5. The van der Waals surface area contributed by atoms with Crippen molar-refractivity contribution in [1.82, 2.24) is 9.80 Å². The quantitative estimate of drug-likeness (QED) is 0.889. The van der Waals surface area contributed by atoms with Crippen LogP contribution in [0.15, 0.2) is 16.5 Å². The average Bonchev–Trinajstić information content (AvgIpc) is 3.01. The highest BCUT2D eigenvalue weighted by molar-refractivity contribution is 5.76. The van der Waals surface area contributed by atoms with Crippen molar-refractivity contribution < 1.29 is 14.3 Å². The lowest BCUT2D eigenvalue weighted by Gasteiger charge is -2.39. The number of rotatable bonds is 5. The molecule has 1 aromatic rings. The summed E-state index contributed by atoms with van der Waals surface area (Å²) in [6, 6.07) is 4.43. The molecule has 5 heteroatoms. The second kappa shape index (κ2) is 7.12. The minimum Gasteiger partial charge on any atom is -0.466 e. The minimum absolute atomic E-state index is 0.176. The SMILES string of the molecule is C[C@@H]1C[C@@H]1c1ccc(CCC(=O)N2CCN([C@H]3CCC[C@H]3O)CC2)o1. The molecule has 0 spiro atoms. The molecule has 3 fully saturated rings. The van der Waals surface area contributed by atoms with Gasteiger partial charge in [0.2, 0.25) is 5.91 Å². The van der Waals surface area contributed by atoms with Crippen LogP contribution >= 0.6 is 0 Å². The lowest BCUT2D eigenvalue weighted by molar-refractivity contribution is -0.133. The van der Waals surface area contributed by atoms with Crippen LogP contribution in [0.4, 0.5) is 0 Å². The van der Waals surface area contributed by atoms with E-state index in [2.05, 4.69) is 17.9 Å². The van der Waals surface area contributed by atoms with Crippen LogP contribution in [0.25, 0.3) is 0 Å². The summed E-state index contributed by atoms with van der Waals surface area (Å²) in [5.41, 5.74) is 0. The number of aliphatic hydroxyl groups is 1. The second-order valence-electron chi connectivity index (χ2n) is 8.11. The molecule has 0 unspecified atom stereocenters. The molecule has 2 heterocycles. The van der Waals surface area contributed by atoms with E-state index in [9.17, 15) is 9.90 Å². The zero-order valence-corrected chi connectivity index (χ0v) is 15.2. The van der Waals surface area contributed by atoms with E-state index >= 15 is 0 Å². The summed E-state index contributed by atoms with van der Waals surface area (Å²) in [7, 11) is 0. The van der Waals surface area contributed by atoms with Crippen molar-refractivity contribution in [3.8, 4) is 0 Å². The van der Waals surface area contributed by atoms with Crippen LogP contribution in [-0.2, 0) is 11.2 Å². The van der Waals surface area contributed by atoms with E-state index < -0.39 is 0 Å². The maximum Gasteiger partial charge on any atom is 0.223 e. The average molecular weight is 346 g/mol. The third kappa shape index (κ3) is 3.77. The fourth-order valence-corrected chi connectivity index (χ4v) is 4.48. The Labute approximate surface area is 150 Å². The van der Waals surface area contributed by atoms with Crippen molar-refractivity contribution in [3.05, 3.63) is 23.7 Å². The standard InChI is InChI=1S/C20H30N2O3/c1-14-13-16(14)19-7-5-15(25-19)6-8-20(24)22-11-9-21(10-12-22)17-3-2-4-18(17)23/h5,7,14,16-18,23H,2-4,6,8-13H2,1H3/t14-,16+,17+,18-/m1/s1. The van der Waals surface area contributed by atoms with Gasteiger partial charge in [0.05, 0.1) is 6.10 Å². The van der Waals surface area contributed by atoms with Gasteiger partial charge in [-0.05, 0) is 43.7 Å². The van der Waals surface area contributed by atoms with E-state index in [-0.39, 0.29) is 12.0 Å². The van der Waals surface area contributed by atoms with Crippen LogP contribution in [0.1, 0.15) is 56.5 Å². The van der Waals surface area contributed by atoms with Crippen LogP contribution < -0.4 is 0 Å². The summed E-state index contributed by atoms with van der Waals surface area (Å²) in [6.07, 6.45) is 5.41. The number of hydrogen-bond acceptors (Lipinski definition) is 4. The van der Waals surface area contributed by atoms with Crippen molar-refractivity contribution in [2.45, 2.75) is 63.5 Å². The molecule has 2 aliphatic carbocycles. The van der Waals surface area contributed by atoms with E-state index in [4.69, 9.17) is 4.42 Å². The number of aryl methyl sites for hydroxylation is 1. The van der Waals surface area contributed by atoms with Crippen LogP contribution in [0.5, 0.6) is 0 Å². The third-order valence-electron chi connectivity index (χ3n) is 6.32. The number of furan rings is 1. The highest BCUT2D eigenvalue weighted by atomic mass is 16.3. The summed E-state index contributed by atoms with van der Waals surface area (Å²) in [4.78, 5) is 16.8. The molecular weight excluding hydrogens is 316 g/mol. The van der Waals surface area contributed by atoms with Crippen molar-refractivity contribution >= 4 is 5.91 Å².